The van der Waals surface area contributed by atoms with Crippen LogP contribution in [-0.4, -0.2) is 55.7 Å². The molecular weight excluding hydrogens is 509 g/mol. The largest absolute Gasteiger partial charge is 0.497 e. The fraction of sp³-hybridized carbons (Fsp3) is 0.545. The van der Waals surface area contributed by atoms with Crippen molar-refractivity contribution in [2.75, 3.05) is 39.8 Å². The molecule has 2 aromatic rings. The smallest absolute Gasteiger partial charge is 0.191 e. The number of likely N-dealkylation sites (N-methyl/N-ethyl adjacent to an activating group) is 1. The highest BCUT2D eigenvalue weighted by Gasteiger charge is 2.18. The molecule has 2 rings (SSSR count). The van der Waals surface area contributed by atoms with Gasteiger partial charge < -0.3 is 15.4 Å². The summed E-state index contributed by atoms with van der Waals surface area (Å²) in [6, 6.07) is 8.51. The molecule has 0 aliphatic rings. The maximum atomic E-state index is 5.43. The Balaban J connectivity index is 0.00000450. The second kappa shape index (κ2) is 14.6. The fourth-order valence-electron chi connectivity index (χ4n) is 3.30. The standard InChI is InChI=1S/C22H35N5OS.HI/c1-6-23-22(24-13-12-19-16-29-17(4)26-19)25-15-21(27(7-2)8-3)18-10-9-11-20(14-18)28-5;/h9-11,14,16,21H,6-8,12-13,15H2,1-5H3,(H2,23,24,25);1H. The molecule has 6 nitrogen and oxygen atoms in total. The highest BCUT2D eigenvalue weighted by Crippen LogP contribution is 2.24. The van der Waals surface area contributed by atoms with E-state index in [1.165, 1.54) is 5.56 Å². The Kier molecular flexibility index (Phi) is 13.0. The Morgan fingerprint density at radius 3 is 2.60 bits per heavy atom. The van der Waals surface area contributed by atoms with Crippen LogP contribution in [0.2, 0.25) is 0 Å². The molecular formula is C22H36IN5OS. The van der Waals surface area contributed by atoms with Gasteiger partial charge in [0, 0.05) is 24.9 Å². The van der Waals surface area contributed by atoms with Crippen LogP contribution in [0.25, 0.3) is 0 Å². The molecule has 0 aliphatic heterocycles. The molecule has 1 unspecified atom stereocenters. The summed E-state index contributed by atoms with van der Waals surface area (Å²) in [5.74, 6) is 1.73. The van der Waals surface area contributed by atoms with Gasteiger partial charge in [-0.2, -0.15) is 0 Å². The first kappa shape index (κ1) is 26.6. The minimum Gasteiger partial charge on any atom is -0.497 e. The lowest BCUT2D eigenvalue weighted by atomic mass is 10.0. The first-order chi connectivity index (χ1) is 14.1. The van der Waals surface area contributed by atoms with E-state index in [1.54, 1.807) is 18.4 Å². The van der Waals surface area contributed by atoms with Crippen molar-refractivity contribution in [1.82, 2.24) is 20.5 Å². The molecule has 1 aromatic heterocycles. The van der Waals surface area contributed by atoms with Crippen molar-refractivity contribution >= 4 is 41.3 Å². The first-order valence-corrected chi connectivity index (χ1v) is 11.3. The Bertz CT molecular complexity index is 763. The van der Waals surface area contributed by atoms with Gasteiger partial charge in [0.25, 0.3) is 0 Å². The Morgan fingerprint density at radius 1 is 1.23 bits per heavy atom. The quantitative estimate of drug-likeness (QED) is 0.251. The summed E-state index contributed by atoms with van der Waals surface area (Å²) in [5, 5.41) is 10.0. The molecule has 0 fully saturated rings. The molecule has 1 aromatic carbocycles. The monoisotopic (exact) mass is 545 g/mol. The zero-order valence-corrected chi connectivity index (χ0v) is 21.9. The van der Waals surface area contributed by atoms with Crippen molar-refractivity contribution in [1.29, 1.82) is 0 Å². The number of hydrogen-bond acceptors (Lipinski definition) is 5. The van der Waals surface area contributed by atoms with E-state index in [2.05, 4.69) is 58.8 Å². The molecule has 1 heterocycles. The number of nitrogens with one attached hydrogen (secondary N) is 2. The van der Waals surface area contributed by atoms with Gasteiger partial charge in [-0.1, -0.05) is 26.0 Å². The number of methoxy groups -OCH3 is 1. The lowest BCUT2D eigenvalue weighted by Crippen LogP contribution is -2.39. The number of thiazole rings is 1. The van der Waals surface area contributed by atoms with E-state index in [0.29, 0.717) is 6.54 Å². The predicted octanol–water partition coefficient (Wildman–Crippen LogP) is 4.26. The van der Waals surface area contributed by atoms with Crippen LogP contribution in [0.15, 0.2) is 34.6 Å². The van der Waals surface area contributed by atoms with Crippen molar-refractivity contribution in [3.8, 4) is 5.75 Å². The van der Waals surface area contributed by atoms with Crippen molar-refractivity contribution in [3.63, 3.8) is 0 Å². The number of benzene rings is 1. The minimum atomic E-state index is 0. The van der Waals surface area contributed by atoms with Crippen molar-refractivity contribution in [2.24, 2.45) is 4.99 Å². The van der Waals surface area contributed by atoms with Crippen LogP contribution in [-0.2, 0) is 6.42 Å². The molecule has 0 saturated carbocycles. The lowest BCUT2D eigenvalue weighted by molar-refractivity contribution is 0.224. The van der Waals surface area contributed by atoms with E-state index in [9.17, 15) is 0 Å². The van der Waals surface area contributed by atoms with Gasteiger partial charge in [-0.05, 0) is 44.6 Å². The van der Waals surface area contributed by atoms with Crippen LogP contribution in [0, 0.1) is 6.92 Å². The third-order valence-electron chi connectivity index (χ3n) is 4.84. The molecule has 0 amide bonds. The predicted molar refractivity (Wildman–Crippen MR) is 139 cm³/mol. The minimum absolute atomic E-state index is 0. The van der Waals surface area contributed by atoms with Crippen LogP contribution < -0.4 is 15.4 Å². The first-order valence-electron chi connectivity index (χ1n) is 10.4. The van der Waals surface area contributed by atoms with Gasteiger partial charge in [0.05, 0.1) is 30.4 Å². The fourth-order valence-corrected chi connectivity index (χ4v) is 3.94. The van der Waals surface area contributed by atoms with Gasteiger partial charge in [-0.3, -0.25) is 9.89 Å². The third kappa shape index (κ3) is 8.39. The summed E-state index contributed by atoms with van der Waals surface area (Å²) in [6.07, 6.45) is 0.893. The van der Waals surface area contributed by atoms with Gasteiger partial charge in [0.1, 0.15) is 5.75 Å². The molecule has 0 spiro atoms. The molecule has 2 N–H and O–H groups in total. The number of ether oxygens (including phenoxy) is 1. The molecule has 168 valence electrons. The van der Waals surface area contributed by atoms with Crippen LogP contribution in [0.5, 0.6) is 5.75 Å². The van der Waals surface area contributed by atoms with E-state index in [0.717, 1.165) is 55.0 Å². The summed E-state index contributed by atoms with van der Waals surface area (Å²) in [5.41, 5.74) is 2.36. The highest BCUT2D eigenvalue weighted by molar-refractivity contribution is 14.0. The van der Waals surface area contributed by atoms with Gasteiger partial charge >= 0.3 is 0 Å². The Morgan fingerprint density at radius 2 is 2.00 bits per heavy atom. The number of nitrogens with zero attached hydrogens (tertiary/aromatic N) is 3. The zero-order chi connectivity index (χ0) is 21.1. The molecule has 0 radical (unpaired) electrons. The molecule has 0 bridgehead atoms. The number of halogens is 1. The highest BCUT2D eigenvalue weighted by atomic mass is 127. The third-order valence-corrected chi connectivity index (χ3v) is 5.66. The summed E-state index contributed by atoms with van der Waals surface area (Å²) in [6.45, 7) is 12.8. The van der Waals surface area contributed by atoms with E-state index in [-0.39, 0.29) is 30.0 Å². The number of aryl methyl sites for hydroxylation is 1. The molecule has 8 heteroatoms. The van der Waals surface area contributed by atoms with Gasteiger partial charge in [-0.25, -0.2) is 4.98 Å². The number of hydrogen-bond donors (Lipinski definition) is 2. The molecule has 0 aliphatic carbocycles. The van der Waals surface area contributed by atoms with E-state index >= 15 is 0 Å². The number of guanidine groups is 1. The average molecular weight is 546 g/mol. The molecule has 0 saturated heterocycles. The Hall–Kier alpha value is -1.39. The second-order valence-electron chi connectivity index (χ2n) is 6.77. The second-order valence-corrected chi connectivity index (χ2v) is 7.83. The van der Waals surface area contributed by atoms with Crippen molar-refractivity contribution in [3.05, 3.63) is 45.9 Å². The molecule has 30 heavy (non-hydrogen) atoms. The Labute approximate surface area is 202 Å². The average Bonchev–Trinajstić information content (AvgIpc) is 3.16. The molecule has 1 atom stereocenters. The summed E-state index contributed by atoms with van der Waals surface area (Å²) >= 11 is 1.70. The van der Waals surface area contributed by atoms with Crippen LogP contribution in [0.3, 0.4) is 0 Å². The van der Waals surface area contributed by atoms with Gasteiger partial charge in [0.15, 0.2) is 5.96 Å². The normalized spacial score (nSPS) is 12.4. The zero-order valence-electron chi connectivity index (χ0n) is 18.8. The SMILES string of the molecule is CCNC(=NCC(c1cccc(OC)c1)N(CC)CC)NCCc1csc(C)n1.I. The maximum Gasteiger partial charge on any atom is 0.191 e. The summed E-state index contributed by atoms with van der Waals surface area (Å²) in [4.78, 5) is 11.9. The summed E-state index contributed by atoms with van der Waals surface area (Å²) in [7, 11) is 1.71. The maximum absolute atomic E-state index is 5.43. The topological polar surface area (TPSA) is 61.8 Å². The van der Waals surface area contributed by atoms with Crippen molar-refractivity contribution in [2.45, 2.75) is 40.2 Å². The van der Waals surface area contributed by atoms with E-state index in [4.69, 9.17) is 9.73 Å². The van der Waals surface area contributed by atoms with Crippen LogP contribution >= 0.6 is 35.3 Å². The number of rotatable bonds is 11. The van der Waals surface area contributed by atoms with Crippen molar-refractivity contribution < 1.29 is 4.74 Å². The van der Waals surface area contributed by atoms with E-state index in [1.807, 2.05) is 19.1 Å². The van der Waals surface area contributed by atoms with Crippen LogP contribution in [0.4, 0.5) is 0 Å². The van der Waals surface area contributed by atoms with E-state index < -0.39 is 0 Å². The van der Waals surface area contributed by atoms with Gasteiger partial charge in [0.2, 0.25) is 0 Å². The van der Waals surface area contributed by atoms with Gasteiger partial charge in [-0.15, -0.1) is 35.3 Å². The summed E-state index contributed by atoms with van der Waals surface area (Å²) < 4.78 is 5.43. The number of aromatic nitrogens is 1. The van der Waals surface area contributed by atoms with Crippen LogP contribution in [0.1, 0.15) is 43.1 Å². The lowest BCUT2D eigenvalue weighted by Gasteiger charge is -2.29. The number of aliphatic imine (C=N–C) groups is 1.